The molecule has 0 radical (unpaired) electrons. The van der Waals surface area contributed by atoms with Crippen LogP contribution in [0.1, 0.15) is 34.8 Å². The Balaban J connectivity index is 1.53. The van der Waals surface area contributed by atoms with Crippen LogP contribution in [0, 0.1) is 0 Å². The number of thiophene rings is 1. The SMILES string of the molecule is CCOC(=O)c1c(-c2ccccc2)csc1NC(=O)C(C)OC(=O)c1cc(=O)c2ccccc2o1. The van der Waals surface area contributed by atoms with E-state index >= 15 is 0 Å². The molecule has 4 aromatic rings. The predicted molar refractivity (Wildman–Crippen MR) is 132 cm³/mol. The molecule has 9 heteroatoms. The van der Waals surface area contributed by atoms with Crippen LogP contribution in [-0.4, -0.2) is 30.6 Å². The summed E-state index contributed by atoms with van der Waals surface area (Å²) >= 11 is 1.16. The second-order valence-electron chi connectivity index (χ2n) is 7.45. The average Bonchev–Trinajstić information content (AvgIpc) is 3.28. The first-order valence-corrected chi connectivity index (χ1v) is 11.7. The number of anilines is 1. The molecule has 0 fully saturated rings. The van der Waals surface area contributed by atoms with Crippen molar-refractivity contribution in [3.63, 3.8) is 0 Å². The molecule has 1 unspecified atom stereocenters. The van der Waals surface area contributed by atoms with Crippen molar-refractivity contribution in [2.45, 2.75) is 20.0 Å². The van der Waals surface area contributed by atoms with E-state index in [0.717, 1.165) is 23.0 Å². The number of rotatable bonds is 7. The molecule has 4 rings (SSSR count). The summed E-state index contributed by atoms with van der Waals surface area (Å²) in [6.45, 7) is 3.24. The summed E-state index contributed by atoms with van der Waals surface area (Å²) in [5.41, 5.74) is 1.46. The topological polar surface area (TPSA) is 112 Å². The van der Waals surface area contributed by atoms with Gasteiger partial charge >= 0.3 is 11.9 Å². The molecule has 0 saturated heterocycles. The van der Waals surface area contributed by atoms with Gasteiger partial charge < -0.3 is 19.2 Å². The van der Waals surface area contributed by atoms with Crippen LogP contribution in [0.3, 0.4) is 0 Å². The van der Waals surface area contributed by atoms with Crippen LogP contribution >= 0.6 is 11.3 Å². The van der Waals surface area contributed by atoms with Crippen molar-refractivity contribution < 1.29 is 28.3 Å². The third-order valence-corrected chi connectivity index (χ3v) is 5.98. The van der Waals surface area contributed by atoms with E-state index in [0.29, 0.717) is 10.9 Å². The van der Waals surface area contributed by atoms with Gasteiger partial charge in [-0.15, -0.1) is 11.3 Å². The zero-order valence-corrected chi connectivity index (χ0v) is 19.7. The number of amides is 1. The highest BCUT2D eigenvalue weighted by Gasteiger charge is 2.26. The van der Waals surface area contributed by atoms with Crippen LogP contribution in [0.2, 0.25) is 0 Å². The lowest BCUT2D eigenvalue weighted by molar-refractivity contribution is -0.123. The maximum Gasteiger partial charge on any atom is 0.375 e. The first kappa shape index (κ1) is 23.9. The number of esters is 2. The van der Waals surface area contributed by atoms with Crippen molar-refractivity contribution in [2.75, 3.05) is 11.9 Å². The number of benzene rings is 2. The standard InChI is InChI=1S/C26H21NO7S/c1-3-32-26(31)22-18(16-9-5-4-6-10-16)14-35-24(22)27-23(29)15(2)33-25(30)21-13-19(28)17-11-7-8-12-20(17)34-21/h4-15H,3H2,1-2H3,(H,27,29). The highest BCUT2D eigenvalue weighted by Crippen LogP contribution is 2.36. The van der Waals surface area contributed by atoms with Crippen molar-refractivity contribution in [1.29, 1.82) is 0 Å². The van der Waals surface area contributed by atoms with Gasteiger partial charge in [0.25, 0.3) is 5.91 Å². The molecule has 0 aliphatic carbocycles. The molecule has 1 amide bonds. The minimum absolute atomic E-state index is 0.168. The normalized spacial score (nSPS) is 11.6. The van der Waals surface area contributed by atoms with Gasteiger partial charge in [-0.1, -0.05) is 42.5 Å². The van der Waals surface area contributed by atoms with E-state index in [1.807, 2.05) is 30.3 Å². The summed E-state index contributed by atoms with van der Waals surface area (Å²) in [5.74, 6) is -2.51. The van der Waals surface area contributed by atoms with Crippen LogP contribution in [0.15, 0.2) is 75.3 Å². The minimum Gasteiger partial charge on any atom is -0.462 e. The molecule has 2 heterocycles. The number of ether oxygens (including phenoxy) is 2. The maximum atomic E-state index is 12.8. The average molecular weight is 492 g/mol. The number of hydrogen-bond acceptors (Lipinski definition) is 8. The Hall–Kier alpha value is -4.24. The highest BCUT2D eigenvalue weighted by molar-refractivity contribution is 7.15. The van der Waals surface area contributed by atoms with E-state index in [2.05, 4.69) is 5.32 Å². The lowest BCUT2D eigenvalue weighted by atomic mass is 10.0. The molecule has 1 atom stereocenters. The van der Waals surface area contributed by atoms with E-state index in [4.69, 9.17) is 13.9 Å². The van der Waals surface area contributed by atoms with Crippen molar-refractivity contribution in [2.24, 2.45) is 0 Å². The Morgan fingerprint density at radius 3 is 2.49 bits per heavy atom. The molecule has 0 spiro atoms. The Morgan fingerprint density at radius 1 is 1.03 bits per heavy atom. The Morgan fingerprint density at radius 2 is 1.74 bits per heavy atom. The second-order valence-corrected chi connectivity index (χ2v) is 8.33. The van der Waals surface area contributed by atoms with Crippen molar-refractivity contribution in [3.05, 3.63) is 87.6 Å². The number of nitrogens with one attached hydrogen (secondary N) is 1. The van der Waals surface area contributed by atoms with Crippen molar-refractivity contribution in [1.82, 2.24) is 0 Å². The van der Waals surface area contributed by atoms with Gasteiger partial charge in [-0.25, -0.2) is 9.59 Å². The molecule has 35 heavy (non-hydrogen) atoms. The Labute approximate surface area is 204 Å². The smallest absolute Gasteiger partial charge is 0.375 e. The van der Waals surface area contributed by atoms with Gasteiger partial charge in [0.1, 0.15) is 16.1 Å². The molecule has 0 aliphatic heterocycles. The van der Waals surface area contributed by atoms with Gasteiger partial charge in [0, 0.05) is 17.0 Å². The largest absolute Gasteiger partial charge is 0.462 e. The minimum atomic E-state index is -1.24. The van der Waals surface area contributed by atoms with Gasteiger partial charge in [0.05, 0.1) is 12.0 Å². The van der Waals surface area contributed by atoms with E-state index in [9.17, 15) is 19.2 Å². The summed E-state index contributed by atoms with van der Waals surface area (Å²) in [5, 5.41) is 4.99. The fourth-order valence-electron chi connectivity index (χ4n) is 3.38. The van der Waals surface area contributed by atoms with Crippen LogP contribution in [0.5, 0.6) is 0 Å². The quantitative estimate of drug-likeness (QED) is 0.367. The first-order valence-electron chi connectivity index (χ1n) is 10.8. The molecule has 1 N–H and O–H groups in total. The molecular weight excluding hydrogens is 470 g/mol. The van der Waals surface area contributed by atoms with E-state index in [1.54, 1.807) is 36.6 Å². The van der Waals surface area contributed by atoms with Crippen LogP contribution in [0.4, 0.5) is 5.00 Å². The van der Waals surface area contributed by atoms with Gasteiger partial charge in [0.15, 0.2) is 11.5 Å². The molecule has 0 saturated carbocycles. The summed E-state index contributed by atoms with van der Waals surface area (Å²) in [6, 6.07) is 16.7. The summed E-state index contributed by atoms with van der Waals surface area (Å²) in [7, 11) is 0. The van der Waals surface area contributed by atoms with Gasteiger partial charge in [0.2, 0.25) is 5.76 Å². The highest BCUT2D eigenvalue weighted by atomic mass is 32.1. The molecule has 2 aromatic carbocycles. The number of fused-ring (bicyclic) bond motifs is 1. The van der Waals surface area contributed by atoms with Crippen LogP contribution in [0.25, 0.3) is 22.1 Å². The number of carbonyl (C=O) groups is 3. The fraction of sp³-hybridized carbons (Fsp3) is 0.154. The summed E-state index contributed by atoms with van der Waals surface area (Å²) < 4.78 is 15.9. The maximum absolute atomic E-state index is 12.8. The fourth-order valence-corrected chi connectivity index (χ4v) is 4.34. The lowest BCUT2D eigenvalue weighted by Crippen LogP contribution is -2.30. The van der Waals surface area contributed by atoms with Crippen LogP contribution in [-0.2, 0) is 14.3 Å². The molecule has 8 nitrogen and oxygen atoms in total. The monoisotopic (exact) mass is 491 g/mol. The first-order chi connectivity index (χ1) is 16.9. The van der Waals surface area contributed by atoms with E-state index in [-0.39, 0.29) is 28.5 Å². The molecule has 2 aromatic heterocycles. The summed E-state index contributed by atoms with van der Waals surface area (Å²) in [4.78, 5) is 50.3. The third kappa shape index (κ3) is 5.15. The number of hydrogen-bond donors (Lipinski definition) is 1. The zero-order valence-electron chi connectivity index (χ0n) is 18.9. The Kier molecular flexibility index (Phi) is 7.07. The Bertz CT molecular complexity index is 1460. The molecule has 178 valence electrons. The zero-order chi connectivity index (χ0) is 24.9. The van der Waals surface area contributed by atoms with Crippen LogP contribution < -0.4 is 10.7 Å². The third-order valence-electron chi connectivity index (χ3n) is 5.08. The van der Waals surface area contributed by atoms with Gasteiger partial charge in [-0.3, -0.25) is 9.59 Å². The van der Waals surface area contributed by atoms with Gasteiger partial charge in [-0.05, 0) is 31.5 Å². The summed E-state index contributed by atoms with van der Waals surface area (Å²) in [6.07, 6.45) is -1.24. The van der Waals surface area contributed by atoms with Crippen molar-refractivity contribution >= 4 is 45.2 Å². The predicted octanol–water partition coefficient (Wildman–Crippen LogP) is 4.88. The molecule has 0 bridgehead atoms. The second kappa shape index (κ2) is 10.4. The van der Waals surface area contributed by atoms with Gasteiger partial charge in [-0.2, -0.15) is 0 Å². The number of para-hydroxylation sites is 1. The lowest BCUT2D eigenvalue weighted by Gasteiger charge is -2.14. The molecule has 0 aliphatic rings. The van der Waals surface area contributed by atoms with E-state index < -0.39 is 29.4 Å². The van der Waals surface area contributed by atoms with E-state index in [1.165, 1.54) is 6.92 Å². The number of carbonyl (C=O) groups excluding carboxylic acids is 3. The van der Waals surface area contributed by atoms with Crippen molar-refractivity contribution in [3.8, 4) is 11.1 Å². The molecular formula is C26H21NO7S.